The summed E-state index contributed by atoms with van der Waals surface area (Å²) in [6.45, 7) is 8.39. The fourth-order valence-electron chi connectivity index (χ4n) is 3.57. The maximum atomic E-state index is 11.9. The average Bonchev–Trinajstić information content (AvgIpc) is 2.53. The zero-order valence-electron chi connectivity index (χ0n) is 15.1. The molecule has 0 amide bonds. The molecule has 1 atom stereocenters. The van der Waals surface area contributed by atoms with E-state index < -0.39 is 10.1 Å². The van der Waals surface area contributed by atoms with Crippen LogP contribution in [0, 0.1) is 0 Å². The first-order valence-electron chi connectivity index (χ1n) is 8.89. The van der Waals surface area contributed by atoms with E-state index in [1.54, 1.807) is 6.07 Å². The summed E-state index contributed by atoms with van der Waals surface area (Å²) in [6.07, 6.45) is 4.56. The summed E-state index contributed by atoms with van der Waals surface area (Å²) < 4.78 is 33.5. The van der Waals surface area contributed by atoms with Crippen LogP contribution in [0.4, 0.5) is 0 Å². The minimum atomic E-state index is -4.22. The Balaban J connectivity index is 2.78. The lowest BCUT2D eigenvalue weighted by Crippen LogP contribution is -2.07. The molecule has 1 unspecified atom stereocenters. The van der Waals surface area contributed by atoms with Crippen molar-refractivity contribution in [1.82, 2.24) is 0 Å². The van der Waals surface area contributed by atoms with E-state index in [4.69, 9.17) is 0 Å². The molecule has 0 heterocycles. The average molecular weight is 349 g/mol. The van der Waals surface area contributed by atoms with E-state index in [1.807, 2.05) is 6.92 Å². The summed E-state index contributed by atoms with van der Waals surface area (Å²) in [5, 5.41) is 2.01. The predicted octanol–water partition coefficient (Wildman–Crippen LogP) is 5.51. The molecule has 0 aliphatic carbocycles. The predicted molar refractivity (Wildman–Crippen MR) is 100 cm³/mol. The van der Waals surface area contributed by atoms with E-state index in [2.05, 4.69) is 39.0 Å². The Morgan fingerprint density at radius 2 is 1.75 bits per heavy atom. The summed E-state index contributed by atoms with van der Waals surface area (Å²) >= 11 is 0. The van der Waals surface area contributed by atoms with Crippen molar-refractivity contribution in [3.63, 3.8) is 0 Å². The van der Waals surface area contributed by atoms with Gasteiger partial charge in [-0.05, 0) is 58.7 Å². The minimum absolute atomic E-state index is 0.0706. The van der Waals surface area contributed by atoms with Crippen LogP contribution in [0.3, 0.4) is 0 Å². The normalized spacial score (nSPS) is 13.4. The molecule has 0 aliphatic heterocycles. The smallest absolute Gasteiger partial charge is 0.282 e. The van der Waals surface area contributed by atoms with Crippen molar-refractivity contribution < 1.29 is 13.0 Å². The molecular formula is C20H28O3S. The Hall–Kier alpha value is -1.39. The Kier molecular flexibility index (Phi) is 6.05. The third-order valence-corrected chi connectivity index (χ3v) is 5.69. The molecule has 0 saturated heterocycles. The van der Waals surface area contributed by atoms with Gasteiger partial charge in [-0.2, -0.15) is 8.42 Å². The summed E-state index contributed by atoms with van der Waals surface area (Å²) in [5.74, 6) is 0.439. The second kappa shape index (κ2) is 7.66. The summed E-state index contributed by atoms with van der Waals surface area (Å²) in [5.41, 5.74) is 3.03. The lowest BCUT2D eigenvalue weighted by molar-refractivity contribution is 0.482. The molecule has 0 spiro atoms. The van der Waals surface area contributed by atoms with Gasteiger partial charge in [0.1, 0.15) is 0 Å². The SMILES string of the molecule is CCCc1c(CC)c(S(=O)(=O)O)cc2cc(C(C)CCC)ccc12. The van der Waals surface area contributed by atoms with Gasteiger partial charge in [-0.1, -0.05) is 58.7 Å². The van der Waals surface area contributed by atoms with Crippen LogP contribution in [-0.4, -0.2) is 13.0 Å². The lowest BCUT2D eigenvalue weighted by Gasteiger charge is -2.17. The molecular weight excluding hydrogens is 320 g/mol. The summed E-state index contributed by atoms with van der Waals surface area (Å²) in [7, 11) is -4.22. The van der Waals surface area contributed by atoms with Crippen LogP contribution in [-0.2, 0) is 23.0 Å². The monoisotopic (exact) mass is 348 g/mol. The number of aryl methyl sites for hydroxylation is 1. The van der Waals surface area contributed by atoms with Crippen molar-refractivity contribution in [2.24, 2.45) is 0 Å². The zero-order chi connectivity index (χ0) is 17.9. The van der Waals surface area contributed by atoms with Crippen LogP contribution in [0.15, 0.2) is 29.2 Å². The number of rotatable bonds is 7. The molecule has 0 fully saturated rings. The van der Waals surface area contributed by atoms with Gasteiger partial charge in [0.2, 0.25) is 0 Å². The first-order valence-corrected chi connectivity index (χ1v) is 10.3. The van der Waals surface area contributed by atoms with Gasteiger partial charge in [0, 0.05) is 0 Å². The molecule has 4 heteroatoms. The van der Waals surface area contributed by atoms with E-state index in [-0.39, 0.29) is 4.90 Å². The topological polar surface area (TPSA) is 54.4 Å². The molecule has 0 aliphatic rings. The van der Waals surface area contributed by atoms with Crippen molar-refractivity contribution in [3.8, 4) is 0 Å². The summed E-state index contributed by atoms with van der Waals surface area (Å²) in [4.78, 5) is 0.0706. The van der Waals surface area contributed by atoms with E-state index in [0.717, 1.165) is 47.6 Å². The zero-order valence-corrected chi connectivity index (χ0v) is 15.9. The van der Waals surface area contributed by atoms with Crippen LogP contribution in [0.25, 0.3) is 10.8 Å². The minimum Gasteiger partial charge on any atom is -0.282 e. The van der Waals surface area contributed by atoms with E-state index in [1.165, 1.54) is 5.56 Å². The van der Waals surface area contributed by atoms with Gasteiger partial charge < -0.3 is 0 Å². The number of benzene rings is 2. The van der Waals surface area contributed by atoms with E-state index in [9.17, 15) is 13.0 Å². The largest absolute Gasteiger partial charge is 0.294 e. The van der Waals surface area contributed by atoms with Crippen molar-refractivity contribution >= 4 is 20.9 Å². The molecule has 3 nitrogen and oxygen atoms in total. The summed E-state index contributed by atoms with van der Waals surface area (Å²) in [6, 6.07) is 8.01. The highest BCUT2D eigenvalue weighted by atomic mass is 32.2. The highest BCUT2D eigenvalue weighted by Gasteiger charge is 2.20. The van der Waals surface area contributed by atoms with Gasteiger partial charge in [0.15, 0.2) is 0 Å². The standard InChI is InChI=1S/C20H28O3S/c1-5-8-14(4)15-10-11-18-16(12-15)13-20(24(21,22)23)17(7-3)19(18)9-6-2/h10-14H,5-9H2,1-4H3,(H,21,22,23). The third kappa shape index (κ3) is 3.81. The van der Waals surface area contributed by atoms with Crippen LogP contribution in [0.1, 0.15) is 69.6 Å². The van der Waals surface area contributed by atoms with Crippen LogP contribution < -0.4 is 0 Å². The first kappa shape index (κ1) is 18.9. The van der Waals surface area contributed by atoms with Gasteiger partial charge in [-0.15, -0.1) is 0 Å². The molecule has 2 aromatic carbocycles. The Bertz CT molecular complexity index is 822. The molecule has 2 aromatic rings. The molecule has 2 rings (SSSR count). The van der Waals surface area contributed by atoms with Gasteiger partial charge in [-0.25, -0.2) is 0 Å². The van der Waals surface area contributed by atoms with Crippen LogP contribution >= 0.6 is 0 Å². The first-order chi connectivity index (χ1) is 11.3. The molecule has 24 heavy (non-hydrogen) atoms. The highest BCUT2D eigenvalue weighted by molar-refractivity contribution is 7.85. The van der Waals surface area contributed by atoms with E-state index in [0.29, 0.717) is 12.3 Å². The highest BCUT2D eigenvalue weighted by Crippen LogP contribution is 2.33. The van der Waals surface area contributed by atoms with Crippen molar-refractivity contribution in [3.05, 3.63) is 41.0 Å². The van der Waals surface area contributed by atoms with Crippen molar-refractivity contribution in [2.45, 2.75) is 70.6 Å². The molecule has 1 N–H and O–H groups in total. The van der Waals surface area contributed by atoms with Crippen molar-refractivity contribution in [1.29, 1.82) is 0 Å². The molecule has 132 valence electrons. The lowest BCUT2D eigenvalue weighted by atomic mass is 9.90. The quantitative estimate of drug-likeness (QED) is 0.672. The molecule has 0 aromatic heterocycles. The Labute approximate surface area is 145 Å². The maximum Gasteiger partial charge on any atom is 0.294 e. The number of hydrogen-bond acceptors (Lipinski definition) is 2. The molecule has 0 bridgehead atoms. The fraction of sp³-hybridized carbons (Fsp3) is 0.500. The number of fused-ring (bicyclic) bond motifs is 1. The van der Waals surface area contributed by atoms with Gasteiger partial charge in [-0.3, -0.25) is 4.55 Å². The molecule has 0 radical (unpaired) electrons. The van der Waals surface area contributed by atoms with Crippen molar-refractivity contribution in [2.75, 3.05) is 0 Å². The molecule has 0 saturated carbocycles. The number of hydrogen-bond donors (Lipinski definition) is 1. The van der Waals surface area contributed by atoms with E-state index >= 15 is 0 Å². The Morgan fingerprint density at radius 3 is 2.29 bits per heavy atom. The van der Waals surface area contributed by atoms with Crippen LogP contribution in [0.5, 0.6) is 0 Å². The second-order valence-corrected chi connectivity index (χ2v) is 7.97. The van der Waals surface area contributed by atoms with Gasteiger partial charge in [0.05, 0.1) is 4.90 Å². The fourth-order valence-corrected chi connectivity index (χ4v) is 4.43. The maximum absolute atomic E-state index is 11.9. The Morgan fingerprint density at radius 1 is 1.04 bits per heavy atom. The van der Waals surface area contributed by atoms with Crippen LogP contribution in [0.2, 0.25) is 0 Å². The van der Waals surface area contributed by atoms with Gasteiger partial charge >= 0.3 is 0 Å². The second-order valence-electron chi connectivity index (χ2n) is 6.58. The van der Waals surface area contributed by atoms with Gasteiger partial charge in [0.25, 0.3) is 10.1 Å². The third-order valence-electron chi connectivity index (χ3n) is 4.77.